The molecule has 3 fully saturated rings. The number of anilines is 3. The van der Waals surface area contributed by atoms with Crippen LogP contribution in [0.3, 0.4) is 0 Å². The Labute approximate surface area is 206 Å². The Kier molecular flexibility index (Phi) is 5.86. The average molecular weight is 478 g/mol. The van der Waals surface area contributed by atoms with Gasteiger partial charge in [0.1, 0.15) is 17.3 Å². The highest BCUT2D eigenvalue weighted by atomic mass is 16.5. The number of hydrogen-bond donors (Lipinski definition) is 2. The SMILES string of the molecule is Cc1cc(Nc2cc(C3=CCCO3)nc(N(C)[C@@H]3C[C@H]4CCC[C@@H](C3)N4C(=O)CC3CC3)n2)n[nH]1. The summed E-state index contributed by atoms with van der Waals surface area (Å²) in [5, 5.41) is 10.6. The van der Waals surface area contributed by atoms with Crippen LogP contribution in [0.4, 0.5) is 17.6 Å². The fourth-order valence-electron chi connectivity index (χ4n) is 5.91. The van der Waals surface area contributed by atoms with E-state index < -0.39 is 0 Å². The van der Waals surface area contributed by atoms with Gasteiger partial charge in [-0.15, -0.1) is 0 Å². The molecule has 2 saturated heterocycles. The predicted molar refractivity (Wildman–Crippen MR) is 134 cm³/mol. The first-order valence-corrected chi connectivity index (χ1v) is 13.1. The zero-order valence-electron chi connectivity index (χ0n) is 20.7. The molecule has 9 nitrogen and oxygen atoms in total. The van der Waals surface area contributed by atoms with Crippen molar-refractivity contribution in [1.29, 1.82) is 0 Å². The van der Waals surface area contributed by atoms with Crippen LogP contribution in [-0.2, 0) is 9.53 Å². The van der Waals surface area contributed by atoms with Crippen LogP contribution in [0.2, 0.25) is 0 Å². The van der Waals surface area contributed by atoms with Crippen molar-refractivity contribution in [3.8, 4) is 0 Å². The normalized spacial score (nSPS) is 25.7. The minimum absolute atomic E-state index is 0.296. The van der Waals surface area contributed by atoms with E-state index in [0.29, 0.717) is 48.3 Å². The van der Waals surface area contributed by atoms with Gasteiger partial charge in [-0.25, -0.2) is 4.98 Å². The molecule has 3 aliphatic heterocycles. The molecule has 9 heteroatoms. The Hall–Kier alpha value is -3.10. The smallest absolute Gasteiger partial charge is 0.227 e. The molecule has 5 heterocycles. The molecule has 1 saturated carbocycles. The Morgan fingerprint density at radius 2 is 1.97 bits per heavy atom. The van der Waals surface area contributed by atoms with Gasteiger partial charge in [-0.05, 0) is 63.9 Å². The lowest BCUT2D eigenvalue weighted by molar-refractivity contribution is -0.141. The number of nitrogens with zero attached hydrogens (tertiary/aromatic N) is 5. The van der Waals surface area contributed by atoms with Gasteiger partial charge in [0.2, 0.25) is 11.9 Å². The lowest BCUT2D eigenvalue weighted by atomic mass is 9.81. The highest BCUT2D eigenvalue weighted by Gasteiger charge is 2.43. The number of fused-ring (bicyclic) bond motifs is 2. The summed E-state index contributed by atoms with van der Waals surface area (Å²) in [6.07, 6.45) is 11.5. The highest BCUT2D eigenvalue weighted by Crippen LogP contribution is 2.40. The second-order valence-corrected chi connectivity index (χ2v) is 10.6. The Balaban J connectivity index is 1.24. The van der Waals surface area contributed by atoms with Crippen LogP contribution in [0.25, 0.3) is 5.76 Å². The molecule has 0 aromatic carbocycles. The monoisotopic (exact) mass is 477 g/mol. The van der Waals surface area contributed by atoms with Crippen LogP contribution in [-0.4, -0.2) is 62.8 Å². The zero-order chi connectivity index (χ0) is 23.9. The molecular weight excluding hydrogens is 442 g/mol. The van der Waals surface area contributed by atoms with Crippen molar-refractivity contribution in [2.75, 3.05) is 23.9 Å². The van der Waals surface area contributed by atoms with Crippen LogP contribution in [0.1, 0.15) is 69.2 Å². The Bertz CT molecular complexity index is 1110. The quantitative estimate of drug-likeness (QED) is 0.618. The van der Waals surface area contributed by atoms with E-state index in [1.807, 2.05) is 19.1 Å². The van der Waals surface area contributed by atoms with Crippen molar-refractivity contribution in [2.45, 2.75) is 82.8 Å². The minimum Gasteiger partial charge on any atom is -0.491 e. The first-order valence-electron chi connectivity index (χ1n) is 13.1. The van der Waals surface area contributed by atoms with Gasteiger partial charge in [-0.2, -0.15) is 10.1 Å². The van der Waals surface area contributed by atoms with Gasteiger partial charge >= 0.3 is 0 Å². The number of rotatable bonds is 7. The summed E-state index contributed by atoms with van der Waals surface area (Å²) in [5.41, 5.74) is 1.77. The van der Waals surface area contributed by atoms with Gasteiger partial charge < -0.3 is 19.9 Å². The highest BCUT2D eigenvalue weighted by molar-refractivity contribution is 5.78. The van der Waals surface area contributed by atoms with Crippen molar-refractivity contribution in [1.82, 2.24) is 25.1 Å². The van der Waals surface area contributed by atoms with E-state index in [1.54, 1.807) is 0 Å². The van der Waals surface area contributed by atoms with Gasteiger partial charge in [0, 0.05) is 55.8 Å². The van der Waals surface area contributed by atoms with E-state index in [-0.39, 0.29) is 0 Å². The van der Waals surface area contributed by atoms with Crippen LogP contribution in [0.5, 0.6) is 0 Å². The third kappa shape index (κ3) is 4.73. The zero-order valence-corrected chi connectivity index (χ0v) is 20.7. The molecule has 0 spiro atoms. The number of H-pyrrole nitrogens is 1. The molecule has 6 rings (SSSR count). The second-order valence-electron chi connectivity index (χ2n) is 10.6. The van der Waals surface area contributed by atoms with Crippen molar-refractivity contribution < 1.29 is 9.53 Å². The maximum absolute atomic E-state index is 13.1. The first kappa shape index (κ1) is 22.4. The Morgan fingerprint density at radius 3 is 2.63 bits per heavy atom. The molecule has 35 heavy (non-hydrogen) atoms. The Morgan fingerprint density at radius 1 is 1.17 bits per heavy atom. The van der Waals surface area contributed by atoms with Crippen molar-refractivity contribution >= 4 is 29.3 Å². The fourth-order valence-corrected chi connectivity index (χ4v) is 5.91. The number of aromatic nitrogens is 4. The lowest BCUT2D eigenvalue weighted by Crippen LogP contribution is -2.58. The summed E-state index contributed by atoms with van der Waals surface area (Å²) in [6, 6.07) is 4.83. The van der Waals surface area contributed by atoms with E-state index in [0.717, 1.165) is 61.5 Å². The number of nitrogens with one attached hydrogen (secondary N) is 2. The molecule has 1 amide bonds. The van der Waals surface area contributed by atoms with Gasteiger partial charge in [0.25, 0.3) is 0 Å². The van der Waals surface area contributed by atoms with Crippen molar-refractivity contribution in [3.63, 3.8) is 0 Å². The molecule has 2 bridgehead atoms. The number of ether oxygens (including phenoxy) is 1. The average Bonchev–Trinajstić information content (AvgIpc) is 3.30. The molecular formula is C26H35N7O2. The number of aryl methyl sites for hydroxylation is 1. The third-order valence-corrected chi connectivity index (χ3v) is 7.90. The molecule has 2 aromatic heterocycles. The molecule has 4 aliphatic rings. The van der Waals surface area contributed by atoms with Crippen LogP contribution in [0, 0.1) is 12.8 Å². The summed E-state index contributed by atoms with van der Waals surface area (Å²) >= 11 is 0. The molecule has 2 aromatic rings. The van der Waals surface area contributed by atoms with E-state index >= 15 is 0 Å². The molecule has 1 aliphatic carbocycles. The summed E-state index contributed by atoms with van der Waals surface area (Å²) in [4.78, 5) is 27.3. The molecule has 186 valence electrons. The number of amides is 1. The first-order chi connectivity index (χ1) is 17.0. The molecule has 0 radical (unpaired) electrons. The topological polar surface area (TPSA) is 99.3 Å². The van der Waals surface area contributed by atoms with E-state index in [2.05, 4.69) is 38.4 Å². The molecule has 2 N–H and O–H groups in total. The summed E-state index contributed by atoms with van der Waals surface area (Å²) in [7, 11) is 2.09. The number of aromatic amines is 1. The number of piperidine rings is 2. The third-order valence-electron chi connectivity index (χ3n) is 7.90. The maximum atomic E-state index is 13.1. The van der Waals surface area contributed by atoms with Crippen LogP contribution < -0.4 is 10.2 Å². The second kappa shape index (κ2) is 9.17. The minimum atomic E-state index is 0.296. The van der Waals surface area contributed by atoms with Gasteiger partial charge in [-0.1, -0.05) is 0 Å². The van der Waals surface area contributed by atoms with Crippen molar-refractivity contribution in [2.24, 2.45) is 5.92 Å². The summed E-state index contributed by atoms with van der Waals surface area (Å²) < 4.78 is 5.82. The van der Waals surface area contributed by atoms with Crippen LogP contribution >= 0.6 is 0 Å². The number of carbonyl (C=O) groups excluding carboxylic acids is 1. The van der Waals surface area contributed by atoms with Gasteiger partial charge in [-0.3, -0.25) is 9.89 Å². The fraction of sp³-hybridized carbons (Fsp3) is 0.615. The van der Waals surface area contributed by atoms with E-state index in [9.17, 15) is 4.79 Å². The van der Waals surface area contributed by atoms with Crippen LogP contribution in [0.15, 0.2) is 18.2 Å². The predicted octanol–water partition coefficient (Wildman–Crippen LogP) is 4.16. The van der Waals surface area contributed by atoms with E-state index in [4.69, 9.17) is 14.7 Å². The maximum Gasteiger partial charge on any atom is 0.227 e. The number of carbonyl (C=O) groups is 1. The summed E-state index contributed by atoms with van der Waals surface area (Å²) in [5.74, 6) is 3.91. The largest absolute Gasteiger partial charge is 0.491 e. The van der Waals surface area contributed by atoms with E-state index in [1.165, 1.54) is 19.3 Å². The molecule has 3 atom stereocenters. The van der Waals surface area contributed by atoms with Gasteiger partial charge in [0.05, 0.1) is 6.61 Å². The lowest BCUT2D eigenvalue weighted by Gasteiger charge is -2.50. The summed E-state index contributed by atoms with van der Waals surface area (Å²) in [6.45, 7) is 2.65. The number of hydrogen-bond acceptors (Lipinski definition) is 7. The molecule has 0 unspecified atom stereocenters. The van der Waals surface area contributed by atoms with Gasteiger partial charge in [0.15, 0.2) is 5.82 Å². The standard InChI is InChI=1S/C26H35N7O2/c1-16-11-24(31-30-16)28-23-15-21(22-7-4-10-35-22)27-26(29-23)32(2)20-13-18-5-3-6-19(14-20)33(18)25(34)12-17-8-9-17/h7,11,15,17-20H,3-6,8-10,12-14H2,1-2H3,(H2,27,28,29,30,31)/t18-,19+,20-. The van der Waals surface area contributed by atoms with Crippen molar-refractivity contribution in [3.05, 3.63) is 29.6 Å².